The minimum absolute atomic E-state index is 0. The molecule has 1 aliphatic carbocycles. The Kier molecular flexibility index (Phi) is 7.58. The van der Waals surface area contributed by atoms with Gasteiger partial charge in [-0.3, -0.25) is 9.89 Å². The maximum atomic E-state index is 13.8. The lowest BCUT2D eigenvalue weighted by Gasteiger charge is -2.30. The molecule has 0 unspecified atom stereocenters. The molecule has 0 saturated heterocycles. The average Bonchev–Trinajstić information content (AvgIpc) is 3.30. The lowest BCUT2D eigenvalue weighted by Crippen LogP contribution is -2.40. The van der Waals surface area contributed by atoms with Crippen LogP contribution in [0, 0.1) is 11.6 Å². The molecule has 0 bridgehead atoms. The average molecular weight is 551 g/mol. The molecular weight excluding hydrogens is 522 g/mol. The summed E-state index contributed by atoms with van der Waals surface area (Å²) < 4.78 is 55.5. The van der Waals surface area contributed by atoms with E-state index in [0.717, 1.165) is 30.5 Å². The number of rotatable bonds is 8. The number of fused-ring (bicyclic) bond motifs is 1. The second-order valence-electron chi connectivity index (χ2n) is 9.97. The van der Waals surface area contributed by atoms with Crippen LogP contribution in [0.15, 0.2) is 47.4 Å². The number of hydrogen-bond acceptors (Lipinski definition) is 5. The van der Waals surface area contributed by atoms with Crippen LogP contribution in [-0.2, 0) is 35.1 Å². The van der Waals surface area contributed by atoms with Crippen molar-refractivity contribution in [2.24, 2.45) is 0 Å². The highest BCUT2D eigenvalue weighted by Crippen LogP contribution is 2.42. The highest BCUT2D eigenvalue weighted by molar-refractivity contribution is 7.89. The van der Waals surface area contributed by atoms with Crippen molar-refractivity contribution in [1.29, 1.82) is 0 Å². The zero-order valence-corrected chi connectivity index (χ0v) is 22.2. The molecule has 11 heteroatoms. The third kappa shape index (κ3) is 5.07. The molecular formula is C26H29ClF2N4O3S. The molecule has 2 heterocycles. The van der Waals surface area contributed by atoms with E-state index in [0.29, 0.717) is 41.2 Å². The quantitative estimate of drug-likeness (QED) is 0.399. The Balaban J connectivity index is 0.00000320. The Morgan fingerprint density at radius 2 is 1.84 bits per heavy atom. The van der Waals surface area contributed by atoms with Crippen LogP contribution in [0.4, 0.5) is 8.78 Å². The number of nitrogens with one attached hydrogen (secondary N) is 2. The van der Waals surface area contributed by atoms with Crippen LogP contribution in [0.1, 0.15) is 66.0 Å². The molecule has 1 saturated carbocycles. The van der Waals surface area contributed by atoms with Gasteiger partial charge in [0, 0.05) is 42.0 Å². The van der Waals surface area contributed by atoms with Gasteiger partial charge in [-0.25, -0.2) is 17.2 Å². The second kappa shape index (κ2) is 10.2. The van der Waals surface area contributed by atoms with Crippen LogP contribution in [0.3, 0.4) is 0 Å². The van der Waals surface area contributed by atoms with Crippen LogP contribution in [-0.4, -0.2) is 34.7 Å². The summed E-state index contributed by atoms with van der Waals surface area (Å²) in [4.78, 5) is 12.8. The first kappa shape index (κ1) is 27.4. The number of halogens is 3. The first-order valence-corrected chi connectivity index (χ1v) is 13.4. The zero-order chi connectivity index (χ0) is 25.7. The Bertz CT molecular complexity index is 1420. The molecule has 7 nitrogen and oxygen atoms in total. The summed E-state index contributed by atoms with van der Waals surface area (Å²) in [5.74, 6) is -2.04. The fraction of sp³-hybridized carbons (Fsp3) is 0.385. The highest BCUT2D eigenvalue weighted by atomic mass is 35.5. The van der Waals surface area contributed by atoms with Crippen molar-refractivity contribution < 1.29 is 22.0 Å². The van der Waals surface area contributed by atoms with Crippen LogP contribution in [0.2, 0.25) is 0 Å². The summed E-state index contributed by atoms with van der Waals surface area (Å²) in [6.07, 6.45) is 3.55. The summed E-state index contributed by atoms with van der Waals surface area (Å²) >= 11 is 0. The van der Waals surface area contributed by atoms with Gasteiger partial charge >= 0.3 is 0 Å². The van der Waals surface area contributed by atoms with Crippen LogP contribution < -0.4 is 5.32 Å². The molecule has 198 valence electrons. The predicted molar refractivity (Wildman–Crippen MR) is 137 cm³/mol. The Labute approximate surface area is 221 Å². The molecule has 37 heavy (non-hydrogen) atoms. The number of benzene rings is 2. The molecule has 0 radical (unpaired) electrons. The van der Waals surface area contributed by atoms with E-state index in [1.54, 1.807) is 19.9 Å². The van der Waals surface area contributed by atoms with Crippen LogP contribution in [0.5, 0.6) is 0 Å². The van der Waals surface area contributed by atoms with E-state index in [9.17, 15) is 22.0 Å². The SMILES string of the molecule is CC1(C)c2n[nH]c(CC(=O)c3ccccc3CNC3CCC3)c2CN1S(=O)(=O)c1cc(F)cc(F)c1.Cl. The van der Waals surface area contributed by atoms with Gasteiger partial charge in [0.05, 0.1) is 22.5 Å². The van der Waals surface area contributed by atoms with E-state index < -0.39 is 32.1 Å². The standard InChI is InChI=1S/C26H28F2N4O3S.ClH/c1-26(2)25-22(15-32(26)36(34,35)20-11-17(27)10-18(28)12-20)23(30-31-25)13-24(33)21-9-4-3-6-16(21)14-29-19-7-5-8-19;/h3-4,6,9-12,19,29H,5,7-8,13-15H2,1-2H3,(H,30,31);1H. The summed E-state index contributed by atoms with van der Waals surface area (Å²) in [7, 11) is -4.24. The number of aromatic nitrogens is 2. The molecule has 0 atom stereocenters. The van der Waals surface area contributed by atoms with E-state index in [-0.39, 0.29) is 31.2 Å². The Morgan fingerprint density at radius 1 is 1.16 bits per heavy atom. The van der Waals surface area contributed by atoms with Crippen molar-refractivity contribution in [3.05, 3.63) is 82.2 Å². The van der Waals surface area contributed by atoms with Gasteiger partial charge in [0.25, 0.3) is 0 Å². The van der Waals surface area contributed by atoms with Crippen molar-refractivity contribution in [3.63, 3.8) is 0 Å². The Hall–Kier alpha value is -2.66. The zero-order valence-electron chi connectivity index (χ0n) is 20.6. The van der Waals surface area contributed by atoms with E-state index in [1.807, 2.05) is 18.2 Å². The molecule has 1 aromatic heterocycles. The van der Waals surface area contributed by atoms with Crippen molar-refractivity contribution in [2.45, 2.75) is 69.1 Å². The number of sulfonamides is 1. The summed E-state index contributed by atoms with van der Waals surface area (Å²) in [6, 6.07) is 10.2. The maximum Gasteiger partial charge on any atom is 0.244 e. The third-order valence-electron chi connectivity index (χ3n) is 7.22. The number of carbonyl (C=O) groups excluding carboxylic acids is 1. The fourth-order valence-electron chi connectivity index (χ4n) is 4.94. The van der Waals surface area contributed by atoms with Gasteiger partial charge in [-0.05, 0) is 44.4 Å². The van der Waals surface area contributed by atoms with E-state index in [1.165, 1.54) is 10.7 Å². The Morgan fingerprint density at radius 3 is 2.49 bits per heavy atom. The number of carbonyl (C=O) groups is 1. The lowest BCUT2D eigenvalue weighted by molar-refractivity contribution is 0.0990. The molecule has 0 amide bonds. The molecule has 2 aliphatic rings. The highest BCUT2D eigenvalue weighted by Gasteiger charge is 2.48. The van der Waals surface area contributed by atoms with Gasteiger partial charge < -0.3 is 5.32 Å². The van der Waals surface area contributed by atoms with Crippen LogP contribution in [0.25, 0.3) is 0 Å². The number of hydrogen-bond donors (Lipinski definition) is 2. The van der Waals surface area contributed by atoms with E-state index in [2.05, 4.69) is 15.5 Å². The van der Waals surface area contributed by atoms with Gasteiger partial charge in [-0.15, -0.1) is 12.4 Å². The number of aromatic amines is 1. The van der Waals surface area contributed by atoms with Crippen molar-refractivity contribution >= 4 is 28.2 Å². The minimum Gasteiger partial charge on any atom is -0.310 e. The van der Waals surface area contributed by atoms with Gasteiger partial charge in [-0.2, -0.15) is 9.40 Å². The minimum atomic E-state index is -4.24. The topological polar surface area (TPSA) is 95.2 Å². The van der Waals surface area contributed by atoms with Gasteiger partial charge in [0.2, 0.25) is 10.0 Å². The summed E-state index contributed by atoms with van der Waals surface area (Å²) in [5, 5.41) is 10.8. The first-order valence-electron chi connectivity index (χ1n) is 12.0. The second-order valence-corrected chi connectivity index (χ2v) is 11.8. The lowest BCUT2D eigenvalue weighted by atomic mass is 9.92. The molecule has 1 fully saturated rings. The summed E-state index contributed by atoms with van der Waals surface area (Å²) in [6.45, 7) is 3.91. The normalized spacial score (nSPS) is 17.2. The fourth-order valence-corrected chi connectivity index (χ4v) is 6.71. The number of ketones is 1. The van der Waals surface area contributed by atoms with Crippen molar-refractivity contribution in [3.8, 4) is 0 Å². The van der Waals surface area contributed by atoms with Gasteiger partial charge in [0.15, 0.2) is 5.78 Å². The molecule has 1 aliphatic heterocycles. The van der Waals surface area contributed by atoms with Crippen molar-refractivity contribution in [2.75, 3.05) is 0 Å². The molecule has 2 N–H and O–H groups in total. The summed E-state index contributed by atoms with van der Waals surface area (Å²) in [5.41, 5.74) is 2.09. The van der Waals surface area contributed by atoms with E-state index >= 15 is 0 Å². The predicted octanol–water partition coefficient (Wildman–Crippen LogP) is 4.62. The monoisotopic (exact) mass is 550 g/mol. The van der Waals surface area contributed by atoms with Gasteiger partial charge in [-0.1, -0.05) is 30.7 Å². The maximum absolute atomic E-state index is 13.8. The largest absolute Gasteiger partial charge is 0.310 e. The first-order chi connectivity index (χ1) is 17.1. The smallest absolute Gasteiger partial charge is 0.244 e. The molecule has 3 aromatic rings. The number of Topliss-reactive ketones (excluding diaryl/α,β-unsaturated/α-hetero) is 1. The van der Waals surface area contributed by atoms with Crippen molar-refractivity contribution in [1.82, 2.24) is 19.8 Å². The molecule has 2 aromatic carbocycles. The molecule has 0 spiro atoms. The third-order valence-corrected chi connectivity index (χ3v) is 9.22. The van der Waals surface area contributed by atoms with Crippen LogP contribution >= 0.6 is 12.4 Å². The van der Waals surface area contributed by atoms with E-state index in [4.69, 9.17) is 0 Å². The molecule has 5 rings (SSSR count). The van der Waals surface area contributed by atoms with Gasteiger partial charge in [0.1, 0.15) is 11.6 Å². The number of H-pyrrole nitrogens is 1. The number of nitrogens with zero attached hydrogens (tertiary/aromatic N) is 2.